The van der Waals surface area contributed by atoms with Crippen molar-refractivity contribution in [1.82, 2.24) is 20.2 Å². The molecule has 7 atom stereocenters. The average molecular weight is 435 g/mol. The van der Waals surface area contributed by atoms with E-state index in [1.807, 2.05) is 0 Å². The minimum Gasteiger partial charge on any atom is -0.377 e. The monoisotopic (exact) mass is 434 g/mol. The van der Waals surface area contributed by atoms with Gasteiger partial charge in [-0.15, -0.1) is 10.2 Å². The molecule has 0 aromatic carbocycles. The van der Waals surface area contributed by atoms with Crippen LogP contribution in [-0.4, -0.2) is 36.7 Å². The van der Waals surface area contributed by atoms with Crippen LogP contribution < -0.4 is 0 Å². The van der Waals surface area contributed by atoms with E-state index in [1.54, 1.807) is 0 Å². The molecule has 0 saturated heterocycles. The van der Waals surface area contributed by atoms with Crippen LogP contribution in [-0.2, 0) is 11.3 Å². The molecule has 1 N–H and O–H groups in total. The molecule has 170 valence electrons. The molecule has 6 nitrogen and oxygen atoms in total. The highest BCUT2D eigenvalue weighted by Gasteiger charge is 2.57. The standard InChI is InChI=1S/C26H34N4O2/c1-25-11-9-20-19-10-13-26(32,12-8-17-2-3-17)14-18(19)4-5-21(20)22(25)6-7-23(25)24(31)15-30-28-16-27-29-30/h4,16-17,19-23,32H,2-3,5-7,9-11,13-15H2,1H3/t19-,20+,21+,22-,23+,25-,26-/m0/s1. The summed E-state index contributed by atoms with van der Waals surface area (Å²) in [6.45, 7) is 2.62. The van der Waals surface area contributed by atoms with Crippen molar-refractivity contribution in [1.29, 1.82) is 0 Å². The Labute approximate surface area is 190 Å². The molecular formula is C26H34N4O2. The third-order valence-corrected chi connectivity index (χ3v) is 9.67. The van der Waals surface area contributed by atoms with E-state index in [9.17, 15) is 9.90 Å². The zero-order valence-electron chi connectivity index (χ0n) is 19.0. The maximum atomic E-state index is 13.2. The van der Waals surface area contributed by atoms with Gasteiger partial charge in [0.2, 0.25) is 0 Å². The maximum absolute atomic E-state index is 13.2. The van der Waals surface area contributed by atoms with Crippen LogP contribution in [0.25, 0.3) is 0 Å². The summed E-state index contributed by atoms with van der Waals surface area (Å²) in [5, 5.41) is 22.8. The Morgan fingerprint density at radius 2 is 2.06 bits per heavy atom. The van der Waals surface area contributed by atoms with Gasteiger partial charge in [0.1, 0.15) is 12.1 Å². The van der Waals surface area contributed by atoms with Crippen molar-refractivity contribution in [2.45, 2.75) is 83.3 Å². The number of nitrogens with zero attached hydrogens (tertiary/aromatic N) is 4. The maximum Gasteiger partial charge on any atom is 0.162 e. The van der Waals surface area contributed by atoms with E-state index >= 15 is 0 Å². The predicted octanol–water partition coefficient (Wildman–Crippen LogP) is 3.58. The largest absolute Gasteiger partial charge is 0.377 e. The third-order valence-electron chi connectivity index (χ3n) is 9.67. The van der Waals surface area contributed by atoms with Crippen LogP contribution in [0, 0.1) is 52.8 Å². The summed E-state index contributed by atoms with van der Waals surface area (Å²) < 4.78 is 0. The molecule has 4 fully saturated rings. The minimum absolute atomic E-state index is 0.0926. The fourth-order valence-electron chi connectivity index (χ4n) is 7.90. The first-order valence-electron chi connectivity index (χ1n) is 12.6. The second-order valence-corrected chi connectivity index (χ2v) is 11.5. The lowest BCUT2D eigenvalue weighted by Crippen LogP contribution is -2.48. The number of tetrazole rings is 1. The third kappa shape index (κ3) is 3.44. The minimum atomic E-state index is -0.804. The quantitative estimate of drug-likeness (QED) is 0.581. The number of Topliss-reactive ketones (excluding diaryl/α,β-unsaturated/α-hetero) is 1. The molecule has 0 radical (unpaired) electrons. The summed E-state index contributed by atoms with van der Waals surface area (Å²) in [5.41, 5.74) is 0.757. The summed E-state index contributed by atoms with van der Waals surface area (Å²) in [5.74, 6) is 10.1. The van der Waals surface area contributed by atoms with Gasteiger partial charge in [-0.05, 0) is 92.1 Å². The number of fused-ring (bicyclic) bond motifs is 5. The highest BCUT2D eigenvalue weighted by Crippen LogP contribution is 2.63. The average Bonchev–Trinajstić information content (AvgIpc) is 3.34. The molecule has 6 rings (SSSR count). The molecule has 6 heteroatoms. The van der Waals surface area contributed by atoms with E-state index in [0.29, 0.717) is 29.6 Å². The molecule has 0 unspecified atom stereocenters. The molecular weight excluding hydrogens is 400 g/mol. The van der Waals surface area contributed by atoms with E-state index in [-0.39, 0.29) is 23.7 Å². The van der Waals surface area contributed by atoms with Gasteiger partial charge in [0.25, 0.3) is 0 Å². The molecule has 5 aliphatic carbocycles. The summed E-state index contributed by atoms with van der Waals surface area (Å²) in [6, 6.07) is 0. The van der Waals surface area contributed by atoms with Gasteiger partial charge < -0.3 is 5.11 Å². The van der Waals surface area contributed by atoms with Crippen molar-refractivity contribution in [2.24, 2.45) is 40.9 Å². The first-order chi connectivity index (χ1) is 15.5. The lowest BCUT2D eigenvalue weighted by Gasteiger charge is -2.54. The molecule has 1 aromatic rings. The topological polar surface area (TPSA) is 80.9 Å². The molecule has 1 aromatic heterocycles. The van der Waals surface area contributed by atoms with Crippen LogP contribution in [0.5, 0.6) is 0 Å². The van der Waals surface area contributed by atoms with Crippen molar-refractivity contribution in [2.75, 3.05) is 0 Å². The number of hydrogen-bond acceptors (Lipinski definition) is 5. The second kappa shape index (κ2) is 7.52. The van der Waals surface area contributed by atoms with Crippen LogP contribution in [0.3, 0.4) is 0 Å². The Bertz CT molecular complexity index is 987. The van der Waals surface area contributed by atoms with Crippen LogP contribution in [0.1, 0.15) is 71.1 Å². The van der Waals surface area contributed by atoms with Crippen LogP contribution in [0.4, 0.5) is 0 Å². The summed E-state index contributed by atoms with van der Waals surface area (Å²) in [6.07, 6.45) is 14.5. The van der Waals surface area contributed by atoms with E-state index in [0.717, 1.165) is 44.9 Å². The second-order valence-electron chi connectivity index (χ2n) is 11.5. The number of rotatable bonds is 3. The zero-order chi connectivity index (χ0) is 21.9. The number of carbonyl (C=O) groups excluding carboxylic acids is 1. The number of carbonyl (C=O) groups is 1. The van der Waals surface area contributed by atoms with Gasteiger partial charge in [-0.3, -0.25) is 4.79 Å². The molecule has 0 bridgehead atoms. The van der Waals surface area contributed by atoms with Gasteiger partial charge in [0.05, 0.1) is 0 Å². The number of allylic oxidation sites excluding steroid dienone is 1. The SMILES string of the molecule is C[C@]12CC[C@H]3[C@@H](CC=C4C[C@](O)(C#CC5CC5)CC[C@@H]43)[C@@H]1CC[C@@H]2C(=O)Cn1ncnn1. The molecule has 4 saturated carbocycles. The van der Waals surface area contributed by atoms with Crippen LogP contribution >= 0.6 is 0 Å². The van der Waals surface area contributed by atoms with E-state index in [2.05, 4.69) is 40.3 Å². The number of aliphatic hydroxyl groups is 1. The lowest BCUT2D eigenvalue weighted by atomic mass is 9.51. The smallest absolute Gasteiger partial charge is 0.162 e. The van der Waals surface area contributed by atoms with E-state index in [4.69, 9.17) is 0 Å². The fraction of sp³-hybridized carbons (Fsp3) is 0.769. The molecule has 5 aliphatic rings. The first kappa shape index (κ1) is 20.6. The molecule has 0 amide bonds. The summed E-state index contributed by atoms with van der Waals surface area (Å²) in [4.78, 5) is 14.6. The van der Waals surface area contributed by atoms with Crippen molar-refractivity contribution in [3.8, 4) is 11.8 Å². The van der Waals surface area contributed by atoms with Gasteiger partial charge >= 0.3 is 0 Å². The van der Waals surface area contributed by atoms with Crippen LogP contribution in [0.15, 0.2) is 18.0 Å². The summed E-state index contributed by atoms with van der Waals surface area (Å²) in [7, 11) is 0. The van der Waals surface area contributed by atoms with Crippen molar-refractivity contribution < 1.29 is 9.90 Å². The van der Waals surface area contributed by atoms with Gasteiger partial charge in [0.15, 0.2) is 12.1 Å². The Kier molecular flexibility index (Phi) is 4.84. The number of aromatic nitrogens is 4. The van der Waals surface area contributed by atoms with Gasteiger partial charge in [0, 0.05) is 18.3 Å². The van der Waals surface area contributed by atoms with E-state index < -0.39 is 5.60 Å². The number of ketones is 1. The van der Waals surface area contributed by atoms with Crippen LogP contribution in [0.2, 0.25) is 0 Å². The van der Waals surface area contributed by atoms with E-state index in [1.165, 1.54) is 36.0 Å². The molecule has 32 heavy (non-hydrogen) atoms. The summed E-state index contributed by atoms with van der Waals surface area (Å²) >= 11 is 0. The lowest BCUT2D eigenvalue weighted by molar-refractivity contribution is -0.130. The molecule has 0 spiro atoms. The van der Waals surface area contributed by atoms with Gasteiger partial charge in [-0.1, -0.05) is 30.4 Å². The normalized spacial score (nSPS) is 42.7. The molecule has 0 aliphatic heterocycles. The highest BCUT2D eigenvalue weighted by molar-refractivity contribution is 5.81. The highest BCUT2D eigenvalue weighted by atomic mass is 16.3. The zero-order valence-corrected chi connectivity index (χ0v) is 19.0. The fourth-order valence-corrected chi connectivity index (χ4v) is 7.90. The first-order valence-corrected chi connectivity index (χ1v) is 12.6. The van der Waals surface area contributed by atoms with Crippen molar-refractivity contribution >= 4 is 5.78 Å². The molecule has 1 heterocycles. The predicted molar refractivity (Wildman–Crippen MR) is 119 cm³/mol. The Morgan fingerprint density at radius 3 is 2.84 bits per heavy atom. The Balaban J connectivity index is 1.18. The Morgan fingerprint density at radius 1 is 1.19 bits per heavy atom. The van der Waals surface area contributed by atoms with Crippen molar-refractivity contribution in [3.05, 3.63) is 18.0 Å². The van der Waals surface area contributed by atoms with Gasteiger partial charge in [-0.2, -0.15) is 4.80 Å². The Hall–Kier alpha value is -2.00. The number of hydrogen-bond donors (Lipinski definition) is 1. The van der Waals surface area contributed by atoms with Crippen molar-refractivity contribution in [3.63, 3.8) is 0 Å². The van der Waals surface area contributed by atoms with Gasteiger partial charge in [-0.25, -0.2) is 0 Å².